The van der Waals surface area contributed by atoms with Gasteiger partial charge in [0.05, 0.1) is 24.4 Å². The third-order valence-corrected chi connectivity index (χ3v) is 4.16. The number of esters is 1. The smallest absolute Gasteiger partial charge is 0.309 e. The molecule has 1 fully saturated rings. The lowest BCUT2D eigenvalue weighted by molar-refractivity contribution is -0.384. The van der Waals surface area contributed by atoms with Gasteiger partial charge in [-0.1, -0.05) is 13.0 Å². The first-order chi connectivity index (χ1) is 11.3. The summed E-state index contributed by atoms with van der Waals surface area (Å²) in [5.74, 6) is -1.80. The second kappa shape index (κ2) is 7.29. The second-order valence-corrected chi connectivity index (χ2v) is 6.11. The quantitative estimate of drug-likeness (QED) is 0.496. The lowest BCUT2D eigenvalue weighted by Gasteiger charge is -2.36. The van der Waals surface area contributed by atoms with Gasteiger partial charge in [0.1, 0.15) is 5.69 Å². The highest BCUT2D eigenvalue weighted by Gasteiger charge is 2.32. The Hall–Kier alpha value is -2.64. The molecule has 1 aliphatic rings. The fourth-order valence-corrected chi connectivity index (χ4v) is 3.06. The van der Waals surface area contributed by atoms with Gasteiger partial charge in [-0.05, 0) is 24.0 Å². The topological polar surface area (TPSA) is 110 Å². The number of nitrogens with zero attached hydrogens (tertiary/aromatic N) is 2. The van der Waals surface area contributed by atoms with E-state index in [9.17, 15) is 24.8 Å². The van der Waals surface area contributed by atoms with Crippen molar-refractivity contribution in [3.8, 4) is 0 Å². The van der Waals surface area contributed by atoms with E-state index in [1.54, 1.807) is 17.0 Å². The van der Waals surface area contributed by atoms with Crippen molar-refractivity contribution >= 4 is 23.3 Å². The largest absolute Gasteiger partial charge is 0.481 e. The van der Waals surface area contributed by atoms with Crippen molar-refractivity contribution in [3.05, 3.63) is 33.9 Å². The van der Waals surface area contributed by atoms with E-state index in [1.165, 1.54) is 13.2 Å². The van der Waals surface area contributed by atoms with Crippen molar-refractivity contribution in [3.63, 3.8) is 0 Å². The third kappa shape index (κ3) is 4.01. The van der Waals surface area contributed by atoms with E-state index in [2.05, 4.69) is 4.74 Å². The maximum absolute atomic E-state index is 11.4. The number of methoxy groups -OCH3 is 1. The molecule has 130 valence electrons. The van der Waals surface area contributed by atoms with Gasteiger partial charge in [-0.15, -0.1) is 0 Å². The Kier molecular flexibility index (Phi) is 5.38. The zero-order valence-electron chi connectivity index (χ0n) is 13.6. The first kappa shape index (κ1) is 17.7. The fraction of sp³-hybridized carbons (Fsp3) is 0.500. The van der Waals surface area contributed by atoms with Crippen LogP contribution in [0.2, 0.25) is 0 Å². The molecule has 1 saturated heterocycles. The predicted molar refractivity (Wildman–Crippen MR) is 85.9 cm³/mol. The summed E-state index contributed by atoms with van der Waals surface area (Å²) in [6.07, 6.45) is 0.506. The second-order valence-electron chi connectivity index (χ2n) is 6.11. The van der Waals surface area contributed by atoms with E-state index in [0.717, 1.165) is 0 Å². The first-order valence-corrected chi connectivity index (χ1v) is 7.63. The summed E-state index contributed by atoms with van der Waals surface area (Å²) in [5, 5.41) is 20.7. The summed E-state index contributed by atoms with van der Waals surface area (Å²) in [4.78, 5) is 35.3. The van der Waals surface area contributed by atoms with Crippen LogP contribution in [-0.4, -0.2) is 42.2 Å². The van der Waals surface area contributed by atoms with Crippen molar-refractivity contribution in [1.29, 1.82) is 0 Å². The number of aliphatic carboxylic acids is 1. The molecule has 0 radical (unpaired) electrons. The molecule has 1 aromatic carbocycles. The molecule has 2 atom stereocenters. The maximum atomic E-state index is 11.4. The number of nitro groups is 1. The van der Waals surface area contributed by atoms with E-state index in [1.807, 2.05) is 6.92 Å². The van der Waals surface area contributed by atoms with Gasteiger partial charge < -0.3 is 14.7 Å². The molecule has 8 heteroatoms. The van der Waals surface area contributed by atoms with Crippen LogP contribution in [0, 0.1) is 22.0 Å². The van der Waals surface area contributed by atoms with Gasteiger partial charge in [-0.3, -0.25) is 19.7 Å². The van der Waals surface area contributed by atoms with Gasteiger partial charge in [-0.2, -0.15) is 0 Å². The number of hydrogen-bond acceptors (Lipinski definition) is 6. The number of hydrogen-bond donors (Lipinski definition) is 1. The Labute approximate surface area is 139 Å². The van der Waals surface area contributed by atoms with Crippen LogP contribution < -0.4 is 4.90 Å². The minimum absolute atomic E-state index is 0.0498. The molecule has 1 N–H and O–H groups in total. The molecule has 0 bridgehead atoms. The Morgan fingerprint density at radius 3 is 2.71 bits per heavy atom. The monoisotopic (exact) mass is 336 g/mol. The van der Waals surface area contributed by atoms with Gasteiger partial charge in [0, 0.05) is 19.2 Å². The van der Waals surface area contributed by atoms with Gasteiger partial charge in [0.15, 0.2) is 0 Å². The Morgan fingerprint density at radius 1 is 1.42 bits per heavy atom. The van der Waals surface area contributed by atoms with Crippen molar-refractivity contribution in [1.82, 2.24) is 0 Å². The van der Waals surface area contributed by atoms with E-state index < -0.39 is 22.8 Å². The third-order valence-electron chi connectivity index (χ3n) is 4.16. The van der Waals surface area contributed by atoms with Crippen LogP contribution >= 0.6 is 0 Å². The van der Waals surface area contributed by atoms with Crippen LogP contribution in [0.1, 0.15) is 18.9 Å². The maximum Gasteiger partial charge on any atom is 0.309 e. The van der Waals surface area contributed by atoms with Gasteiger partial charge in [0.2, 0.25) is 0 Å². The van der Waals surface area contributed by atoms with E-state index in [4.69, 9.17) is 0 Å². The molecule has 2 rings (SSSR count). The number of carboxylic acid groups (broad SMARTS) is 1. The van der Waals surface area contributed by atoms with Crippen LogP contribution in [0.4, 0.5) is 11.4 Å². The summed E-state index contributed by atoms with van der Waals surface area (Å²) in [7, 11) is 1.26. The van der Waals surface area contributed by atoms with Crippen molar-refractivity contribution < 1.29 is 24.4 Å². The van der Waals surface area contributed by atoms with Gasteiger partial charge in [-0.25, -0.2) is 0 Å². The summed E-state index contributed by atoms with van der Waals surface area (Å²) >= 11 is 0. The van der Waals surface area contributed by atoms with Crippen LogP contribution in [0.3, 0.4) is 0 Å². The highest BCUT2D eigenvalue weighted by molar-refractivity contribution is 5.75. The average Bonchev–Trinajstić information content (AvgIpc) is 2.53. The standard InChI is InChI=1S/C16H20N2O6/c1-10-5-12(16(20)21)9-17(8-10)13-4-3-11(7-15(19)24-2)6-14(13)18(22)23/h3-4,6,10,12H,5,7-9H2,1-2H3,(H,20,21). The molecule has 8 nitrogen and oxygen atoms in total. The molecule has 2 unspecified atom stereocenters. The van der Waals surface area contributed by atoms with E-state index in [0.29, 0.717) is 24.2 Å². The number of piperidine rings is 1. The fourth-order valence-electron chi connectivity index (χ4n) is 3.06. The molecular weight excluding hydrogens is 316 g/mol. The van der Waals surface area contributed by atoms with Crippen molar-refractivity contribution in [2.24, 2.45) is 11.8 Å². The minimum Gasteiger partial charge on any atom is -0.481 e. The summed E-state index contributed by atoms with van der Waals surface area (Å²) < 4.78 is 4.57. The molecule has 0 spiro atoms. The zero-order valence-corrected chi connectivity index (χ0v) is 13.6. The number of carbonyl (C=O) groups is 2. The minimum atomic E-state index is -0.892. The predicted octanol–water partition coefficient (Wildman–Crippen LogP) is 1.86. The van der Waals surface area contributed by atoms with Crippen LogP contribution in [0.15, 0.2) is 18.2 Å². The first-order valence-electron chi connectivity index (χ1n) is 7.63. The summed E-state index contributed by atoms with van der Waals surface area (Å²) in [6, 6.07) is 4.56. The molecule has 0 aromatic heterocycles. The molecular formula is C16H20N2O6. The van der Waals surface area contributed by atoms with Crippen LogP contribution in [0.5, 0.6) is 0 Å². The molecule has 0 amide bonds. The highest BCUT2D eigenvalue weighted by atomic mass is 16.6. The van der Waals surface area contributed by atoms with Crippen molar-refractivity contribution in [2.45, 2.75) is 19.8 Å². The number of rotatable bonds is 5. The van der Waals surface area contributed by atoms with Crippen LogP contribution in [-0.2, 0) is 20.7 Å². The molecule has 24 heavy (non-hydrogen) atoms. The van der Waals surface area contributed by atoms with Gasteiger partial charge >= 0.3 is 11.9 Å². The molecule has 1 heterocycles. The summed E-state index contributed by atoms with van der Waals surface area (Å²) in [5.41, 5.74) is 0.734. The average molecular weight is 336 g/mol. The number of anilines is 1. The van der Waals surface area contributed by atoms with Crippen LogP contribution in [0.25, 0.3) is 0 Å². The highest BCUT2D eigenvalue weighted by Crippen LogP contribution is 2.34. The Bertz CT molecular complexity index is 660. The van der Waals surface area contributed by atoms with Crippen molar-refractivity contribution in [2.75, 3.05) is 25.1 Å². The SMILES string of the molecule is COC(=O)Cc1ccc(N2CC(C)CC(C(=O)O)C2)c([N+](=O)[O-])c1. The lowest BCUT2D eigenvalue weighted by Crippen LogP contribution is -2.42. The zero-order chi connectivity index (χ0) is 17.9. The normalized spacial score (nSPS) is 20.5. The molecule has 1 aromatic rings. The Balaban J connectivity index is 2.33. The molecule has 1 aliphatic heterocycles. The molecule has 0 aliphatic carbocycles. The number of carbonyl (C=O) groups excluding carboxylic acids is 1. The molecule has 0 saturated carbocycles. The summed E-state index contributed by atoms with van der Waals surface area (Å²) in [6.45, 7) is 2.72. The number of benzene rings is 1. The van der Waals surface area contributed by atoms with E-state index in [-0.39, 0.29) is 24.6 Å². The Morgan fingerprint density at radius 2 is 2.12 bits per heavy atom. The lowest BCUT2D eigenvalue weighted by atomic mass is 9.90. The van der Waals surface area contributed by atoms with Gasteiger partial charge in [0.25, 0.3) is 5.69 Å². The van der Waals surface area contributed by atoms with E-state index >= 15 is 0 Å². The number of carboxylic acids is 1. The number of ether oxygens (including phenoxy) is 1. The number of nitro benzene ring substituents is 1.